The number of carboxylic acid groups (broad SMARTS) is 1. The summed E-state index contributed by atoms with van der Waals surface area (Å²) in [7, 11) is 0. The summed E-state index contributed by atoms with van der Waals surface area (Å²) >= 11 is 0. The number of carbonyl (C=O) groups is 1. The van der Waals surface area contributed by atoms with Gasteiger partial charge in [-0.3, -0.25) is 4.79 Å². The lowest BCUT2D eigenvalue weighted by atomic mass is 9.90. The van der Waals surface area contributed by atoms with Crippen molar-refractivity contribution >= 4 is 5.97 Å². The third-order valence-corrected chi connectivity index (χ3v) is 2.32. The number of aliphatic carboxylic acids is 1. The molecule has 0 heterocycles. The van der Waals surface area contributed by atoms with Crippen molar-refractivity contribution in [1.29, 1.82) is 0 Å². The van der Waals surface area contributed by atoms with E-state index < -0.39 is 11.4 Å². The monoisotopic (exact) mass is 218 g/mol. The summed E-state index contributed by atoms with van der Waals surface area (Å²) in [6.45, 7) is 8.01. The molecule has 15 heavy (non-hydrogen) atoms. The first-order valence-electron chi connectivity index (χ1n) is 5.13. The van der Waals surface area contributed by atoms with Gasteiger partial charge in [-0.2, -0.15) is 0 Å². The average molecular weight is 218 g/mol. The van der Waals surface area contributed by atoms with Crippen LogP contribution in [-0.2, 0) is 9.53 Å². The molecule has 2 N–H and O–H groups in total. The second kappa shape index (κ2) is 5.47. The maximum Gasteiger partial charge on any atom is 0.311 e. The van der Waals surface area contributed by atoms with E-state index in [1.165, 1.54) is 0 Å². The summed E-state index contributed by atoms with van der Waals surface area (Å²) in [5.41, 5.74) is -0.960. The Morgan fingerprint density at radius 1 is 1.20 bits per heavy atom. The van der Waals surface area contributed by atoms with Crippen LogP contribution in [0.4, 0.5) is 0 Å². The minimum Gasteiger partial charge on any atom is -0.481 e. The number of rotatable bonds is 7. The molecule has 0 aromatic rings. The van der Waals surface area contributed by atoms with Gasteiger partial charge in [0.25, 0.3) is 0 Å². The van der Waals surface area contributed by atoms with E-state index in [2.05, 4.69) is 0 Å². The zero-order valence-corrected chi connectivity index (χ0v) is 10.0. The number of aliphatic hydroxyl groups is 1. The molecular formula is C11H22O4. The highest BCUT2D eigenvalue weighted by Gasteiger charge is 2.28. The van der Waals surface area contributed by atoms with Gasteiger partial charge in [-0.15, -0.1) is 0 Å². The van der Waals surface area contributed by atoms with Crippen molar-refractivity contribution in [3.05, 3.63) is 0 Å². The molecule has 0 saturated heterocycles. The summed E-state index contributed by atoms with van der Waals surface area (Å²) in [6, 6.07) is 0. The van der Waals surface area contributed by atoms with Gasteiger partial charge in [0.1, 0.15) is 0 Å². The standard InChI is InChI=1S/C11H22O4/c1-10(2,5-6-12)7-15-8-11(3,4)9(13)14/h12H,5-8H2,1-4H3,(H,13,14). The lowest BCUT2D eigenvalue weighted by molar-refractivity contribution is -0.151. The molecule has 0 radical (unpaired) electrons. The summed E-state index contributed by atoms with van der Waals surface area (Å²) in [4.78, 5) is 10.8. The number of hydrogen-bond acceptors (Lipinski definition) is 3. The fourth-order valence-corrected chi connectivity index (χ4v) is 1.02. The Morgan fingerprint density at radius 2 is 1.73 bits per heavy atom. The molecular weight excluding hydrogens is 196 g/mol. The minimum absolute atomic E-state index is 0.108. The summed E-state index contributed by atoms with van der Waals surface area (Å²) < 4.78 is 5.39. The molecule has 0 spiro atoms. The van der Waals surface area contributed by atoms with Crippen molar-refractivity contribution in [3.8, 4) is 0 Å². The van der Waals surface area contributed by atoms with E-state index in [0.29, 0.717) is 13.0 Å². The molecule has 0 aliphatic rings. The molecule has 0 rings (SSSR count). The van der Waals surface area contributed by atoms with Crippen LogP contribution in [0.5, 0.6) is 0 Å². The summed E-state index contributed by atoms with van der Waals surface area (Å²) in [5.74, 6) is -0.859. The Hall–Kier alpha value is -0.610. The quantitative estimate of drug-likeness (QED) is 0.680. The van der Waals surface area contributed by atoms with E-state index in [9.17, 15) is 4.79 Å². The molecule has 0 amide bonds. The van der Waals surface area contributed by atoms with Gasteiger partial charge in [0.15, 0.2) is 0 Å². The number of carboxylic acids is 1. The Kier molecular flexibility index (Phi) is 5.24. The van der Waals surface area contributed by atoms with Crippen LogP contribution in [0, 0.1) is 10.8 Å². The second-order valence-corrected chi connectivity index (χ2v) is 5.32. The Labute approximate surface area is 91.3 Å². The Bertz CT molecular complexity index is 209. The third kappa shape index (κ3) is 5.74. The first kappa shape index (κ1) is 14.4. The van der Waals surface area contributed by atoms with Gasteiger partial charge in [0, 0.05) is 6.61 Å². The van der Waals surface area contributed by atoms with Gasteiger partial charge in [-0.05, 0) is 25.7 Å². The molecule has 0 fully saturated rings. The van der Waals surface area contributed by atoms with Crippen molar-refractivity contribution in [2.45, 2.75) is 34.1 Å². The van der Waals surface area contributed by atoms with E-state index in [0.717, 1.165) is 0 Å². The van der Waals surface area contributed by atoms with Crippen molar-refractivity contribution in [2.75, 3.05) is 19.8 Å². The van der Waals surface area contributed by atoms with Crippen LogP contribution < -0.4 is 0 Å². The van der Waals surface area contributed by atoms with Gasteiger partial charge in [0.05, 0.1) is 18.6 Å². The van der Waals surface area contributed by atoms with Gasteiger partial charge < -0.3 is 14.9 Å². The normalized spacial score (nSPS) is 12.9. The zero-order valence-electron chi connectivity index (χ0n) is 10.0. The molecule has 0 unspecified atom stereocenters. The lowest BCUT2D eigenvalue weighted by Crippen LogP contribution is -2.31. The van der Waals surface area contributed by atoms with Crippen molar-refractivity contribution in [1.82, 2.24) is 0 Å². The van der Waals surface area contributed by atoms with Crippen LogP contribution in [0.1, 0.15) is 34.1 Å². The zero-order chi connectivity index (χ0) is 12.1. The van der Waals surface area contributed by atoms with Crippen LogP contribution in [0.15, 0.2) is 0 Å². The number of ether oxygens (including phenoxy) is 1. The van der Waals surface area contributed by atoms with Crippen LogP contribution in [-0.4, -0.2) is 36.0 Å². The summed E-state index contributed by atoms with van der Waals surface area (Å²) in [5, 5.41) is 17.7. The van der Waals surface area contributed by atoms with Gasteiger partial charge >= 0.3 is 5.97 Å². The topological polar surface area (TPSA) is 66.8 Å². The Balaban J connectivity index is 3.93. The molecule has 0 aliphatic carbocycles. The number of hydrogen-bond donors (Lipinski definition) is 2. The van der Waals surface area contributed by atoms with E-state index in [4.69, 9.17) is 14.9 Å². The predicted octanol–water partition coefficient (Wildman–Crippen LogP) is 1.52. The largest absolute Gasteiger partial charge is 0.481 e. The molecule has 0 aromatic carbocycles. The molecule has 90 valence electrons. The fourth-order valence-electron chi connectivity index (χ4n) is 1.02. The van der Waals surface area contributed by atoms with Gasteiger partial charge in [0.2, 0.25) is 0 Å². The summed E-state index contributed by atoms with van der Waals surface area (Å²) in [6.07, 6.45) is 0.653. The van der Waals surface area contributed by atoms with Crippen LogP contribution in [0.25, 0.3) is 0 Å². The minimum atomic E-state index is -0.859. The molecule has 0 saturated carbocycles. The smallest absolute Gasteiger partial charge is 0.311 e. The van der Waals surface area contributed by atoms with Crippen LogP contribution >= 0.6 is 0 Å². The first-order chi connectivity index (χ1) is 6.71. The van der Waals surface area contributed by atoms with Gasteiger partial charge in [-0.25, -0.2) is 0 Å². The molecule has 0 aliphatic heterocycles. The molecule has 0 aromatic heterocycles. The van der Waals surface area contributed by atoms with Crippen LogP contribution in [0.2, 0.25) is 0 Å². The third-order valence-electron chi connectivity index (χ3n) is 2.32. The molecule has 0 bridgehead atoms. The van der Waals surface area contributed by atoms with E-state index in [1.54, 1.807) is 13.8 Å². The lowest BCUT2D eigenvalue weighted by Gasteiger charge is -2.26. The van der Waals surface area contributed by atoms with Gasteiger partial charge in [-0.1, -0.05) is 13.8 Å². The maximum atomic E-state index is 10.8. The van der Waals surface area contributed by atoms with Crippen molar-refractivity contribution in [2.24, 2.45) is 10.8 Å². The highest BCUT2D eigenvalue weighted by Crippen LogP contribution is 2.22. The predicted molar refractivity (Wildman–Crippen MR) is 57.7 cm³/mol. The highest BCUT2D eigenvalue weighted by molar-refractivity contribution is 5.73. The SMILES string of the molecule is CC(C)(CCO)COCC(C)(C)C(=O)O. The van der Waals surface area contributed by atoms with E-state index >= 15 is 0 Å². The fraction of sp³-hybridized carbons (Fsp3) is 0.909. The van der Waals surface area contributed by atoms with Crippen molar-refractivity contribution in [3.63, 3.8) is 0 Å². The molecule has 4 nitrogen and oxygen atoms in total. The van der Waals surface area contributed by atoms with E-state index in [1.807, 2.05) is 13.8 Å². The number of aliphatic hydroxyl groups excluding tert-OH is 1. The van der Waals surface area contributed by atoms with Crippen molar-refractivity contribution < 1.29 is 19.7 Å². The highest BCUT2D eigenvalue weighted by atomic mass is 16.5. The van der Waals surface area contributed by atoms with Crippen LogP contribution in [0.3, 0.4) is 0 Å². The Morgan fingerprint density at radius 3 is 2.13 bits per heavy atom. The second-order valence-electron chi connectivity index (χ2n) is 5.32. The first-order valence-corrected chi connectivity index (χ1v) is 5.13. The molecule has 0 atom stereocenters. The maximum absolute atomic E-state index is 10.8. The average Bonchev–Trinajstić information content (AvgIpc) is 2.02. The van der Waals surface area contributed by atoms with E-state index in [-0.39, 0.29) is 18.6 Å². The molecule has 4 heteroatoms.